The van der Waals surface area contributed by atoms with Gasteiger partial charge in [0.25, 0.3) is 5.91 Å². The summed E-state index contributed by atoms with van der Waals surface area (Å²) in [5.74, 6) is 0.308. The smallest absolute Gasteiger partial charge is 0.266 e. The molecule has 1 fully saturated rings. The highest BCUT2D eigenvalue weighted by Crippen LogP contribution is 2.37. The van der Waals surface area contributed by atoms with Crippen molar-refractivity contribution < 1.29 is 14.6 Å². The van der Waals surface area contributed by atoms with Gasteiger partial charge in [-0.1, -0.05) is 43.2 Å². The Morgan fingerprint density at radius 1 is 1.21 bits per heavy atom. The van der Waals surface area contributed by atoms with Gasteiger partial charge in [-0.2, -0.15) is 0 Å². The first-order valence-electron chi connectivity index (χ1n) is 9.26. The van der Waals surface area contributed by atoms with Crippen LogP contribution < -0.4 is 4.74 Å². The lowest BCUT2D eigenvalue weighted by atomic mass is 10.1. The highest BCUT2D eigenvalue weighted by molar-refractivity contribution is 8.18. The number of unbranched alkanes of at least 4 members (excludes halogenated alkanes) is 1. The first-order chi connectivity index (χ1) is 13.5. The Kier molecular flexibility index (Phi) is 6.41. The number of hydrogen-bond donors (Lipinski definition) is 1. The number of phenolic OH excluding ortho intramolecular Hbond substituents is 1. The van der Waals surface area contributed by atoms with Crippen LogP contribution in [0.2, 0.25) is 0 Å². The number of para-hydroxylation sites is 1. The molecule has 1 amide bonds. The number of benzene rings is 2. The molecule has 0 saturated carbocycles. The van der Waals surface area contributed by atoms with Gasteiger partial charge in [0.1, 0.15) is 0 Å². The lowest BCUT2D eigenvalue weighted by Gasteiger charge is -2.14. The number of aromatic hydroxyl groups is 1. The third-order valence-electron chi connectivity index (χ3n) is 4.42. The van der Waals surface area contributed by atoms with Gasteiger partial charge in [0.05, 0.1) is 17.7 Å². The van der Waals surface area contributed by atoms with Gasteiger partial charge in [-0.25, -0.2) is 4.99 Å². The fraction of sp³-hybridized carbons (Fsp3) is 0.273. The Bertz CT molecular complexity index is 920. The Morgan fingerprint density at radius 2 is 1.96 bits per heavy atom. The highest BCUT2D eigenvalue weighted by atomic mass is 32.2. The predicted octanol–water partition coefficient (Wildman–Crippen LogP) is 5.11. The van der Waals surface area contributed by atoms with Crippen molar-refractivity contribution in [3.8, 4) is 11.5 Å². The largest absolute Gasteiger partial charge is 0.504 e. The van der Waals surface area contributed by atoms with E-state index in [9.17, 15) is 9.90 Å². The molecular formula is C22H24N2O3S. The lowest BCUT2D eigenvalue weighted by molar-refractivity contribution is -0.122. The fourth-order valence-electron chi connectivity index (χ4n) is 2.80. The molecular weight excluding hydrogens is 372 g/mol. The van der Waals surface area contributed by atoms with Gasteiger partial charge in [-0.3, -0.25) is 9.69 Å². The lowest BCUT2D eigenvalue weighted by Crippen LogP contribution is -2.30. The monoisotopic (exact) mass is 396 g/mol. The third-order valence-corrected chi connectivity index (χ3v) is 5.43. The first kappa shape index (κ1) is 20.0. The number of aryl methyl sites for hydroxylation is 1. The van der Waals surface area contributed by atoms with E-state index in [2.05, 4.69) is 11.9 Å². The van der Waals surface area contributed by atoms with E-state index in [1.165, 1.54) is 18.9 Å². The van der Waals surface area contributed by atoms with Crippen molar-refractivity contribution >= 4 is 34.6 Å². The maximum atomic E-state index is 13.0. The van der Waals surface area contributed by atoms with Crippen molar-refractivity contribution in [2.24, 2.45) is 4.99 Å². The van der Waals surface area contributed by atoms with Crippen LogP contribution in [-0.4, -0.2) is 34.7 Å². The normalized spacial score (nSPS) is 17.0. The number of ether oxygens (including phenoxy) is 1. The number of amidine groups is 1. The summed E-state index contributed by atoms with van der Waals surface area (Å²) in [4.78, 5) is 19.9. The number of phenols is 1. The summed E-state index contributed by atoms with van der Waals surface area (Å²) in [6.07, 6.45) is 3.58. The second-order valence-electron chi connectivity index (χ2n) is 6.55. The maximum Gasteiger partial charge on any atom is 0.266 e. The quantitative estimate of drug-likeness (QED) is 0.689. The molecule has 1 aliphatic heterocycles. The summed E-state index contributed by atoms with van der Waals surface area (Å²) < 4.78 is 5.16. The van der Waals surface area contributed by atoms with E-state index >= 15 is 0 Å². The van der Waals surface area contributed by atoms with E-state index in [0.29, 0.717) is 27.9 Å². The molecule has 3 rings (SSSR count). The van der Waals surface area contributed by atoms with Crippen LogP contribution in [0.15, 0.2) is 52.4 Å². The fourth-order valence-corrected chi connectivity index (χ4v) is 3.81. The molecule has 0 aliphatic carbocycles. The molecule has 2 aromatic rings. The molecule has 2 aromatic carbocycles. The summed E-state index contributed by atoms with van der Waals surface area (Å²) in [6, 6.07) is 13.1. The number of hydrogen-bond acceptors (Lipinski definition) is 5. The summed E-state index contributed by atoms with van der Waals surface area (Å²) >= 11 is 1.33. The van der Waals surface area contributed by atoms with Crippen molar-refractivity contribution in [1.82, 2.24) is 4.90 Å². The minimum Gasteiger partial charge on any atom is -0.504 e. The van der Waals surface area contributed by atoms with Gasteiger partial charge in [-0.05, 0) is 49.4 Å². The molecule has 0 spiro atoms. The van der Waals surface area contributed by atoms with Gasteiger partial charge < -0.3 is 9.84 Å². The summed E-state index contributed by atoms with van der Waals surface area (Å²) in [5.41, 5.74) is 2.52. The first-order valence-corrected chi connectivity index (χ1v) is 10.1. The molecule has 6 heteroatoms. The van der Waals surface area contributed by atoms with E-state index in [-0.39, 0.29) is 11.7 Å². The molecule has 0 bridgehead atoms. The summed E-state index contributed by atoms with van der Waals surface area (Å²) in [5, 5.41) is 11.0. The number of rotatable bonds is 6. The van der Waals surface area contributed by atoms with E-state index in [0.717, 1.165) is 24.1 Å². The van der Waals surface area contributed by atoms with Crippen LogP contribution >= 0.6 is 11.8 Å². The molecule has 1 N–H and O–H groups in total. The number of carbonyl (C=O) groups is 1. The van der Waals surface area contributed by atoms with Crippen LogP contribution in [0.25, 0.3) is 6.08 Å². The predicted molar refractivity (Wildman–Crippen MR) is 115 cm³/mol. The molecule has 1 heterocycles. The number of amides is 1. The van der Waals surface area contributed by atoms with Gasteiger partial charge in [0, 0.05) is 12.1 Å². The average molecular weight is 397 g/mol. The second kappa shape index (κ2) is 8.97. The SMILES string of the molecule is CCCCN1C(=O)/C(=C\c2cccc(OC)c2O)SC1=Nc1ccc(C)cc1. The summed E-state index contributed by atoms with van der Waals surface area (Å²) in [7, 11) is 1.50. The third kappa shape index (κ3) is 4.39. The van der Waals surface area contributed by atoms with Crippen molar-refractivity contribution in [3.05, 3.63) is 58.5 Å². The number of thioether (sulfide) groups is 1. The van der Waals surface area contributed by atoms with Gasteiger partial charge in [0.2, 0.25) is 0 Å². The average Bonchev–Trinajstić information content (AvgIpc) is 2.98. The Labute approximate surface area is 169 Å². The van der Waals surface area contributed by atoms with Crippen LogP contribution in [0.3, 0.4) is 0 Å². The molecule has 28 heavy (non-hydrogen) atoms. The van der Waals surface area contributed by atoms with Crippen LogP contribution in [0, 0.1) is 6.92 Å². The Morgan fingerprint density at radius 3 is 2.64 bits per heavy atom. The van der Waals surface area contributed by atoms with Crippen molar-refractivity contribution in [2.75, 3.05) is 13.7 Å². The number of carbonyl (C=O) groups excluding carboxylic acids is 1. The second-order valence-corrected chi connectivity index (χ2v) is 7.56. The molecule has 0 aromatic heterocycles. The van der Waals surface area contributed by atoms with E-state index in [1.54, 1.807) is 29.2 Å². The standard InChI is InChI=1S/C22H24N2O3S/c1-4-5-13-24-21(26)19(14-16-7-6-8-18(27-3)20(16)25)28-22(24)23-17-11-9-15(2)10-12-17/h6-12,14,25H,4-5,13H2,1-3H3/b19-14+,23-22?. The topological polar surface area (TPSA) is 62.1 Å². The number of nitrogens with zero attached hydrogens (tertiary/aromatic N) is 2. The molecule has 0 atom stereocenters. The van der Waals surface area contributed by atoms with Gasteiger partial charge >= 0.3 is 0 Å². The molecule has 1 aliphatic rings. The molecule has 0 radical (unpaired) electrons. The molecule has 5 nitrogen and oxygen atoms in total. The maximum absolute atomic E-state index is 13.0. The van der Waals surface area contributed by atoms with E-state index in [1.807, 2.05) is 31.2 Å². The molecule has 1 saturated heterocycles. The highest BCUT2D eigenvalue weighted by Gasteiger charge is 2.33. The zero-order chi connectivity index (χ0) is 20.1. The molecule has 0 unspecified atom stereocenters. The Balaban J connectivity index is 1.96. The van der Waals surface area contributed by atoms with Crippen LogP contribution in [0.5, 0.6) is 11.5 Å². The minimum atomic E-state index is -0.0912. The van der Waals surface area contributed by atoms with Crippen molar-refractivity contribution in [1.29, 1.82) is 0 Å². The molecule has 146 valence electrons. The van der Waals surface area contributed by atoms with E-state index < -0.39 is 0 Å². The van der Waals surface area contributed by atoms with Gasteiger partial charge in [0.15, 0.2) is 16.7 Å². The van der Waals surface area contributed by atoms with E-state index in [4.69, 9.17) is 4.74 Å². The van der Waals surface area contributed by atoms with Crippen LogP contribution in [0.1, 0.15) is 30.9 Å². The van der Waals surface area contributed by atoms with Crippen LogP contribution in [0.4, 0.5) is 5.69 Å². The van der Waals surface area contributed by atoms with Crippen LogP contribution in [-0.2, 0) is 4.79 Å². The zero-order valence-electron chi connectivity index (χ0n) is 16.3. The number of aliphatic imine (C=N–C) groups is 1. The van der Waals surface area contributed by atoms with Crippen molar-refractivity contribution in [2.45, 2.75) is 26.7 Å². The summed E-state index contributed by atoms with van der Waals surface area (Å²) in [6.45, 7) is 4.74. The minimum absolute atomic E-state index is 0.0231. The van der Waals surface area contributed by atoms with Gasteiger partial charge in [-0.15, -0.1) is 0 Å². The van der Waals surface area contributed by atoms with Crippen molar-refractivity contribution in [3.63, 3.8) is 0 Å². The number of methoxy groups -OCH3 is 1. The zero-order valence-corrected chi connectivity index (χ0v) is 17.1. The Hall–Kier alpha value is -2.73.